The Morgan fingerprint density at radius 2 is 1.82 bits per heavy atom. The van der Waals surface area contributed by atoms with Gasteiger partial charge >= 0.3 is 12.1 Å². The summed E-state index contributed by atoms with van der Waals surface area (Å²) >= 11 is 0. The monoisotopic (exact) mass is 384 g/mol. The molecule has 8 heteroatoms. The molecule has 2 heterocycles. The minimum absolute atomic E-state index is 0.119. The van der Waals surface area contributed by atoms with Gasteiger partial charge in [0, 0.05) is 31.2 Å². The average Bonchev–Trinajstić information content (AvgIpc) is 3.13. The van der Waals surface area contributed by atoms with E-state index >= 15 is 0 Å². The molecule has 1 saturated heterocycles. The maximum atomic E-state index is 12.5. The topological polar surface area (TPSA) is 93.7 Å². The van der Waals surface area contributed by atoms with E-state index in [1.807, 2.05) is 20.8 Å². The number of hydrogen-bond donors (Lipinski definition) is 1. The largest absolute Gasteiger partial charge is 0.444 e. The minimum atomic E-state index is -0.550. The Labute approximate surface area is 163 Å². The quantitative estimate of drug-likeness (QED) is 0.868. The van der Waals surface area contributed by atoms with Gasteiger partial charge < -0.3 is 19.7 Å². The van der Waals surface area contributed by atoms with Crippen molar-refractivity contribution in [3.05, 3.63) is 42.7 Å². The van der Waals surface area contributed by atoms with Crippen molar-refractivity contribution in [2.24, 2.45) is 5.92 Å². The molecule has 1 atom stereocenters. The molecular formula is C20H24N4O4. The van der Waals surface area contributed by atoms with Crippen LogP contribution in [0.5, 0.6) is 11.8 Å². The van der Waals surface area contributed by atoms with Crippen LogP contribution in [0.4, 0.5) is 10.5 Å². The van der Waals surface area contributed by atoms with Crippen molar-refractivity contribution in [2.75, 3.05) is 18.4 Å². The molecule has 28 heavy (non-hydrogen) atoms. The Morgan fingerprint density at radius 1 is 1.14 bits per heavy atom. The van der Waals surface area contributed by atoms with Crippen LogP contribution in [0, 0.1) is 5.92 Å². The van der Waals surface area contributed by atoms with Gasteiger partial charge in [-0.3, -0.25) is 4.79 Å². The van der Waals surface area contributed by atoms with Gasteiger partial charge in [0.1, 0.15) is 11.4 Å². The molecule has 1 unspecified atom stereocenters. The lowest BCUT2D eigenvalue weighted by Crippen LogP contribution is -2.36. The first-order chi connectivity index (χ1) is 13.3. The zero-order valence-corrected chi connectivity index (χ0v) is 16.2. The van der Waals surface area contributed by atoms with Gasteiger partial charge in [0.2, 0.25) is 5.91 Å². The summed E-state index contributed by atoms with van der Waals surface area (Å²) in [7, 11) is 0. The molecule has 0 saturated carbocycles. The summed E-state index contributed by atoms with van der Waals surface area (Å²) in [5.41, 5.74) is 0.105. The molecule has 1 aliphatic heterocycles. The van der Waals surface area contributed by atoms with Crippen molar-refractivity contribution in [3.8, 4) is 11.8 Å². The third-order valence-electron chi connectivity index (χ3n) is 4.08. The number of benzene rings is 1. The summed E-state index contributed by atoms with van der Waals surface area (Å²) in [5.74, 6) is 0.188. The normalized spacial score (nSPS) is 16.5. The number of nitrogens with zero attached hydrogens (tertiary/aromatic N) is 3. The average molecular weight is 384 g/mol. The highest BCUT2D eigenvalue weighted by molar-refractivity contribution is 5.93. The number of aromatic nitrogens is 2. The van der Waals surface area contributed by atoms with Crippen molar-refractivity contribution in [2.45, 2.75) is 32.8 Å². The number of likely N-dealkylation sites (tertiary alicyclic amines) is 1. The fourth-order valence-corrected chi connectivity index (χ4v) is 2.76. The van der Waals surface area contributed by atoms with Gasteiger partial charge in [0.05, 0.1) is 5.92 Å². The summed E-state index contributed by atoms with van der Waals surface area (Å²) in [4.78, 5) is 34.2. The molecule has 2 aromatic rings. The zero-order valence-electron chi connectivity index (χ0n) is 16.2. The molecule has 0 radical (unpaired) electrons. The van der Waals surface area contributed by atoms with Crippen molar-refractivity contribution in [1.29, 1.82) is 0 Å². The second-order valence-electron chi connectivity index (χ2n) is 7.56. The van der Waals surface area contributed by atoms with Gasteiger partial charge in [0.25, 0.3) is 0 Å². The summed E-state index contributed by atoms with van der Waals surface area (Å²) in [5, 5.41) is 2.88. The summed E-state index contributed by atoms with van der Waals surface area (Å²) in [6.45, 7) is 6.33. The van der Waals surface area contributed by atoms with Crippen LogP contribution in [-0.2, 0) is 9.53 Å². The van der Waals surface area contributed by atoms with Crippen LogP contribution in [-0.4, -0.2) is 45.6 Å². The van der Waals surface area contributed by atoms with E-state index in [2.05, 4.69) is 15.3 Å². The van der Waals surface area contributed by atoms with Crippen molar-refractivity contribution in [1.82, 2.24) is 14.9 Å². The SMILES string of the molecule is CC(C)(C)OC(=O)N1CCC(C(=O)Nc2ccc(Oc3ncccn3)cc2)C1. The Hall–Kier alpha value is -3.16. The van der Waals surface area contributed by atoms with Crippen LogP contribution in [0.3, 0.4) is 0 Å². The Kier molecular flexibility index (Phi) is 5.77. The van der Waals surface area contributed by atoms with E-state index in [1.165, 1.54) is 0 Å². The van der Waals surface area contributed by atoms with E-state index in [-0.39, 0.29) is 23.9 Å². The molecule has 0 spiro atoms. The summed E-state index contributed by atoms with van der Waals surface area (Å²) in [6.07, 6.45) is 3.42. The Morgan fingerprint density at radius 3 is 2.46 bits per heavy atom. The second kappa shape index (κ2) is 8.24. The van der Waals surface area contributed by atoms with E-state index < -0.39 is 5.60 Å². The molecule has 1 N–H and O–H groups in total. The smallest absolute Gasteiger partial charge is 0.410 e. The minimum Gasteiger partial charge on any atom is -0.444 e. The molecule has 3 rings (SSSR count). The third-order valence-corrected chi connectivity index (χ3v) is 4.08. The predicted molar refractivity (Wildman–Crippen MR) is 103 cm³/mol. The van der Waals surface area contributed by atoms with E-state index in [0.717, 1.165) is 0 Å². The molecule has 2 amide bonds. The fraction of sp³-hybridized carbons (Fsp3) is 0.400. The molecule has 0 bridgehead atoms. The van der Waals surface area contributed by atoms with Crippen LogP contribution < -0.4 is 10.1 Å². The number of ether oxygens (including phenoxy) is 2. The van der Waals surface area contributed by atoms with Gasteiger partial charge in [-0.25, -0.2) is 14.8 Å². The van der Waals surface area contributed by atoms with E-state index in [4.69, 9.17) is 9.47 Å². The molecule has 1 aliphatic rings. The third kappa shape index (κ3) is 5.42. The van der Waals surface area contributed by atoms with Crippen LogP contribution in [0.1, 0.15) is 27.2 Å². The van der Waals surface area contributed by atoms with E-state index in [1.54, 1.807) is 47.6 Å². The summed E-state index contributed by atoms with van der Waals surface area (Å²) in [6, 6.07) is 8.92. The lowest BCUT2D eigenvalue weighted by Gasteiger charge is -2.24. The maximum Gasteiger partial charge on any atom is 0.410 e. The molecule has 0 aliphatic carbocycles. The van der Waals surface area contributed by atoms with Gasteiger partial charge in [-0.2, -0.15) is 0 Å². The highest BCUT2D eigenvalue weighted by Gasteiger charge is 2.33. The van der Waals surface area contributed by atoms with Crippen LogP contribution in [0.15, 0.2) is 42.7 Å². The van der Waals surface area contributed by atoms with Crippen molar-refractivity contribution >= 4 is 17.7 Å². The standard InChI is InChI=1S/C20H24N4O4/c1-20(2,3)28-19(26)24-12-9-14(13-24)17(25)23-15-5-7-16(8-6-15)27-18-21-10-4-11-22-18/h4-8,10-11,14H,9,12-13H2,1-3H3,(H,23,25). The Balaban J connectivity index is 1.51. The fourth-order valence-electron chi connectivity index (χ4n) is 2.76. The first-order valence-corrected chi connectivity index (χ1v) is 9.14. The number of carbonyl (C=O) groups is 2. The molecule has 1 aromatic heterocycles. The highest BCUT2D eigenvalue weighted by atomic mass is 16.6. The molecular weight excluding hydrogens is 360 g/mol. The zero-order chi connectivity index (χ0) is 20.1. The number of carbonyl (C=O) groups excluding carboxylic acids is 2. The number of hydrogen-bond acceptors (Lipinski definition) is 6. The van der Waals surface area contributed by atoms with Crippen LogP contribution in [0.2, 0.25) is 0 Å². The van der Waals surface area contributed by atoms with E-state index in [0.29, 0.717) is 30.9 Å². The van der Waals surface area contributed by atoms with Gasteiger partial charge in [-0.15, -0.1) is 0 Å². The Bertz CT molecular complexity index is 818. The highest BCUT2D eigenvalue weighted by Crippen LogP contribution is 2.23. The first-order valence-electron chi connectivity index (χ1n) is 9.14. The van der Waals surface area contributed by atoms with Gasteiger partial charge in [0.15, 0.2) is 0 Å². The molecule has 1 aromatic carbocycles. The number of amides is 2. The van der Waals surface area contributed by atoms with Crippen LogP contribution >= 0.6 is 0 Å². The maximum absolute atomic E-state index is 12.5. The number of nitrogens with one attached hydrogen (secondary N) is 1. The van der Waals surface area contributed by atoms with Gasteiger partial charge in [-0.05, 0) is 57.5 Å². The van der Waals surface area contributed by atoms with Gasteiger partial charge in [-0.1, -0.05) is 0 Å². The number of anilines is 1. The lowest BCUT2D eigenvalue weighted by molar-refractivity contribution is -0.119. The predicted octanol–water partition coefficient (Wildman–Crippen LogP) is 3.46. The van der Waals surface area contributed by atoms with Crippen molar-refractivity contribution < 1.29 is 19.1 Å². The van der Waals surface area contributed by atoms with Crippen LogP contribution in [0.25, 0.3) is 0 Å². The van der Waals surface area contributed by atoms with Crippen molar-refractivity contribution in [3.63, 3.8) is 0 Å². The molecule has 8 nitrogen and oxygen atoms in total. The lowest BCUT2D eigenvalue weighted by atomic mass is 10.1. The van der Waals surface area contributed by atoms with E-state index in [9.17, 15) is 9.59 Å². The summed E-state index contributed by atoms with van der Waals surface area (Å²) < 4.78 is 10.9. The second-order valence-corrected chi connectivity index (χ2v) is 7.56. The molecule has 1 fully saturated rings. The first kappa shape index (κ1) is 19.6. The molecule has 148 valence electrons. The number of rotatable bonds is 4.